The van der Waals surface area contributed by atoms with Crippen molar-refractivity contribution in [1.29, 1.82) is 0 Å². The summed E-state index contributed by atoms with van der Waals surface area (Å²) >= 11 is 0. The summed E-state index contributed by atoms with van der Waals surface area (Å²) in [6.45, 7) is 0. The van der Waals surface area contributed by atoms with Crippen LogP contribution in [0.3, 0.4) is 0 Å². The van der Waals surface area contributed by atoms with E-state index in [-0.39, 0.29) is 59.9 Å². The SMILES string of the molecule is OB(O)O.[AlH3].[MgH2].[Zn]. The molecule has 0 aliphatic rings. The van der Waals surface area contributed by atoms with E-state index in [1.807, 2.05) is 0 Å². The van der Waals surface area contributed by atoms with Crippen molar-refractivity contribution in [3.05, 3.63) is 0 Å². The van der Waals surface area contributed by atoms with Crippen LogP contribution in [-0.2, 0) is 19.5 Å². The van der Waals surface area contributed by atoms with E-state index in [4.69, 9.17) is 15.1 Å². The van der Waals surface area contributed by atoms with Gasteiger partial charge in [-0.1, -0.05) is 0 Å². The molecule has 0 unspecified atom stereocenters. The van der Waals surface area contributed by atoms with E-state index >= 15 is 0 Å². The van der Waals surface area contributed by atoms with E-state index in [0.29, 0.717) is 0 Å². The van der Waals surface area contributed by atoms with Crippen LogP contribution in [0.25, 0.3) is 0 Å². The van der Waals surface area contributed by atoms with Gasteiger partial charge < -0.3 is 15.1 Å². The summed E-state index contributed by atoms with van der Waals surface area (Å²) in [6, 6.07) is 0. The van der Waals surface area contributed by atoms with Gasteiger partial charge in [0.15, 0.2) is 17.4 Å². The van der Waals surface area contributed by atoms with Gasteiger partial charge in [0.25, 0.3) is 0 Å². The van der Waals surface area contributed by atoms with Gasteiger partial charge in [-0.25, -0.2) is 0 Å². The van der Waals surface area contributed by atoms with Crippen LogP contribution >= 0.6 is 0 Å². The minimum absolute atomic E-state index is 0. The fourth-order valence-electron chi connectivity index (χ4n) is 0. The Bertz CT molecular complexity index is 19.7. The first kappa shape index (κ1) is 23.2. The Morgan fingerprint density at radius 1 is 1.00 bits per heavy atom. The van der Waals surface area contributed by atoms with Crippen LogP contribution in [0.4, 0.5) is 0 Å². The molecule has 0 heterocycles. The first-order valence-corrected chi connectivity index (χ1v) is 0.775. The molecule has 0 amide bonds. The molecule has 0 spiro atoms. The first-order chi connectivity index (χ1) is 1.73. The fraction of sp³-hybridized carbons (Fsp3) is 0. The van der Waals surface area contributed by atoms with Crippen LogP contribution in [0.1, 0.15) is 0 Å². The molecule has 36 valence electrons. The maximum atomic E-state index is 7.17. The quantitative estimate of drug-likeness (QED) is 0.334. The van der Waals surface area contributed by atoms with E-state index in [2.05, 4.69) is 0 Å². The Hall–Kier alpha value is 1.87. The average molecular weight is 184 g/mol. The van der Waals surface area contributed by atoms with Gasteiger partial charge in [0.05, 0.1) is 0 Å². The standard InChI is InChI=1S/Al.BH3O3.Mg.Zn.5H/c;2-1(3)4;;;;;;;/h;2-4H;;;;;;;. The van der Waals surface area contributed by atoms with Crippen LogP contribution in [0.5, 0.6) is 0 Å². The van der Waals surface area contributed by atoms with Crippen molar-refractivity contribution in [3.63, 3.8) is 0 Å². The minimum Gasteiger partial charge on any atom is -0.402 e. The maximum absolute atomic E-state index is 7.17. The van der Waals surface area contributed by atoms with Gasteiger partial charge >= 0.3 is 30.4 Å². The summed E-state index contributed by atoms with van der Waals surface area (Å²) in [6.07, 6.45) is 0. The predicted molar refractivity (Wildman–Crippen MR) is 30.9 cm³/mol. The van der Waals surface area contributed by atoms with Crippen molar-refractivity contribution in [3.8, 4) is 0 Å². The monoisotopic (exact) mass is 182 g/mol. The third-order valence-corrected chi connectivity index (χ3v) is 0. The molecule has 7 heavy (non-hydrogen) atoms. The Labute approximate surface area is 81.7 Å². The average Bonchev–Trinajstić information content (AvgIpc) is 0.811. The van der Waals surface area contributed by atoms with E-state index in [0.717, 1.165) is 0 Å². The van der Waals surface area contributed by atoms with Crippen LogP contribution in [0.2, 0.25) is 0 Å². The Morgan fingerprint density at radius 2 is 1.00 bits per heavy atom. The van der Waals surface area contributed by atoms with Crippen molar-refractivity contribution < 1.29 is 34.6 Å². The zero-order valence-corrected chi connectivity index (χ0v) is 5.59. The molecule has 0 aliphatic heterocycles. The second-order valence-electron chi connectivity index (χ2n) is 0.346. The molecule has 0 aliphatic carbocycles. The largest absolute Gasteiger partial charge is 0.631 e. The minimum atomic E-state index is -2.17. The summed E-state index contributed by atoms with van der Waals surface area (Å²) in [4.78, 5) is 0. The third kappa shape index (κ3) is 77.7. The van der Waals surface area contributed by atoms with E-state index in [1.165, 1.54) is 0 Å². The fourth-order valence-corrected chi connectivity index (χ4v) is 0. The van der Waals surface area contributed by atoms with Gasteiger partial charge in [0.2, 0.25) is 0 Å². The zero-order valence-electron chi connectivity index (χ0n) is 2.63. The van der Waals surface area contributed by atoms with Gasteiger partial charge in [-0.3, -0.25) is 0 Å². The van der Waals surface area contributed by atoms with Gasteiger partial charge in [-0.05, 0) is 0 Å². The molecule has 0 saturated carbocycles. The third-order valence-electron chi connectivity index (χ3n) is 0. The summed E-state index contributed by atoms with van der Waals surface area (Å²) in [7, 11) is -2.17. The van der Waals surface area contributed by atoms with Crippen molar-refractivity contribution in [2.45, 2.75) is 0 Å². The van der Waals surface area contributed by atoms with Crippen molar-refractivity contribution in [2.24, 2.45) is 0 Å². The van der Waals surface area contributed by atoms with E-state index in [1.54, 1.807) is 0 Å². The number of rotatable bonds is 0. The predicted octanol–water partition coefficient (Wildman–Crippen LogP) is -4.15. The summed E-state index contributed by atoms with van der Waals surface area (Å²) in [5.74, 6) is 0. The molecule has 3 N–H and O–H groups in total. The molecule has 7 heteroatoms. The second kappa shape index (κ2) is 15.7. The Balaban J connectivity index is -0.0000000150. The van der Waals surface area contributed by atoms with Crippen LogP contribution in [-0.4, -0.2) is 62.8 Å². The number of hydrogen-bond acceptors (Lipinski definition) is 3. The molecular formula is H8AlBMgO3Zn. The van der Waals surface area contributed by atoms with E-state index < -0.39 is 7.32 Å². The molecule has 3 nitrogen and oxygen atoms in total. The van der Waals surface area contributed by atoms with E-state index in [9.17, 15) is 0 Å². The maximum Gasteiger partial charge on any atom is 0.631 e. The van der Waals surface area contributed by atoms with Gasteiger partial charge in [0, 0.05) is 19.5 Å². The molecule has 0 aromatic rings. The molecule has 0 bridgehead atoms. The van der Waals surface area contributed by atoms with Crippen molar-refractivity contribution in [1.82, 2.24) is 0 Å². The molecular weight excluding hydrogens is 175 g/mol. The second-order valence-corrected chi connectivity index (χ2v) is 0.346. The van der Waals surface area contributed by atoms with Gasteiger partial charge in [0.1, 0.15) is 0 Å². The molecule has 0 fully saturated rings. The Kier molecular flexibility index (Phi) is 51.8. The van der Waals surface area contributed by atoms with Crippen LogP contribution in [0, 0.1) is 0 Å². The molecule has 0 rings (SSSR count). The zero-order chi connectivity index (χ0) is 3.58. The van der Waals surface area contributed by atoms with Crippen molar-refractivity contribution in [2.75, 3.05) is 0 Å². The molecule has 0 aromatic heterocycles. The van der Waals surface area contributed by atoms with Gasteiger partial charge in [-0.15, -0.1) is 0 Å². The Morgan fingerprint density at radius 3 is 1.00 bits per heavy atom. The molecule has 0 atom stereocenters. The van der Waals surface area contributed by atoms with Gasteiger partial charge in [-0.2, -0.15) is 0 Å². The summed E-state index contributed by atoms with van der Waals surface area (Å²) in [5, 5.41) is 21.5. The summed E-state index contributed by atoms with van der Waals surface area (Å²) in [5.41, 5.74) is 0. The number of hydrogen-bond donors (Lipinski definition) is 3. The topological polar surface area (TPSA) is 60.7 Å². The molecule has 0 saturated heterocycles. The smallest absolute Gasteiger partial charge is 0.402 e. The van der Waals surface area contributed by atoms with Crippen LogP contribution < -0.4 is 0 Å². The first-order valence-electron chi connectivity index (χ1n) is 0.775. The van der Waals surface area contributed by atoms with Crippen molar-refractivity contribution >= 4 is 47.7 Å². The molecule has 0 radical (unpaired) electrons. The molecule has 0 aromatic carbocycles. The summed E-state index contributed by atoms with van der Waals surface area (Å²) < 4.78 is 0. The normalized spacial score (nSPS) is 3.86. The van der Waals surface area contributed by atoms with Crippen LogP contribution in [0.15, 0.2) is 0 Å².